The molecule has 5 heteroatoms. The van der Waals surface area contributed by atoms with Crippen LogP contribution >= 0.6 is 0 Å². The van der Waals surface area contributed by atoms with Crippen molar-refractivity contribution in [3.05, 3.63) is 76.1 Å². The van der Waals surface area contributed by atoms with E-state index < -0.39 is 0 Å². The number of fused-ring (bicyclic) bond motifs is 1. The second kappa shape index (κ2) is 5.36. The summed E-state index contributed by atoms with van der Waals surface area (Å²) >= 11 is 0. The normalized spacial score (nSPS) is 10.8. The fourth-order valence-corrected chi connectivity index (χ4v) is 2.18. The van der Waals surface area contributed by atoms with E-state index in [1.807, 2.05) is 6.07 Å². The maximum absolute atomic E-state index is 13.5. The summed E-state index contributed by atoms with van der Waals surface area (Å²) in [6.07, 6.45) is 1.68. The highest BCUT2D eigenvalue weighted by atomic mass is 19.1. The maximum Gasteiger partial charge on any atom is 0.258 e. The Balaban J connectivity index is 1.89. The molecule has 0 atom stereocenters. The Labute approximate surface area is 120 Å². The monoisotopic (exact) mass is 283 g/mol. The minimum Gasteiger partial charge on any atom is -0.379 e. The molecule has 0 spiro atoms. The Morgan fingerprint density at radius 1 is 1.24 bits per heavy atom. The quantitative estimate of drug-likeness (QED) is 0.804. The average molecular weight is 283 g/mol. The molecule has 3 aromatic rings. The number of benzene rings is 1. The van der Waals surface area contributed by atoms with Gasteiger partial charge in [-0.3, -0.25) is 9.20 Å². The number of nitrogens with zero attached hydrogens (tertiary/aromatic N) is 2. The predicted octanol–water partition coefficient (Wildman–Crippen LogP) is 2.75. The molecular formula is C16H14FN3O. The number of pyridine rings is 1. The first-order valence-electron chi connectivity index (χ1n) is 6.61. The van der Waals surface area contributed by atoms with Gasteiger partial charge in [-0.15, -0.1) is 0 Å². The summed E-state index contributed by atoms with van der Waals surface area (Å²) in [6, 6.07) is 11.7. The van der Waals surface area contributed by atoms with Gasteiger partial charge in [0, 0.05) is 23.5 Å². The molecule has 0 aliphatic rings. The van der Waals surface area contributed by atoms with E-state index in [-0.39, 0.29) is 11.4 Å². The lowest BCUT2D eigenvalue weighted by Crippen LogP contribution is -2.16. The topological polar surface area (TPSA) is 46.4 Å². The number of hydrogen-bond donors (Lipinski definition) is 1. The minimum absolute atomic E-state index is 0.131. The molecule has 0 amide bonds. The highest BCUT2D eigenvalue weighted by Gasteiger charge is 2.05. The number of rotatable bonds is 3. The summed E-state index contributed by atoms with van der Waals surface area (Å²) in [7, 11) is 0. The molecule has 21 heavy (non-hydrogen) atoms. The van der Waals surface area contributed by atoms with Crippen LogP contribution in [0.15, 0.2) is 53.5 Å². The molecule has 1 N–H and O–H groups in total. The lowest BCUT2D eigenvalue weighted by molar-refractivity contribution is 0.619. The molecule has 0 bridgehead atoms. The van der Waals surface area contributed by atoms with Crippen LogP contribution in [-0.4, -0.2) is 9.38 Å². The minimum atomic E-state index is -0.258. The zero-order valence-corrected chi connectivity index (χ0v) is 11.5. The van der Waals surface area contributed by atoms with Crippen molar-refractivity contribution in [2.24, 2.45) is 0 Å². The van der Waals surface area contributed by atoms with Gasteiger partial charge in [0.1, 0.15) is 11.5 Å². The molecule has 0 saturated heterocycles. The molecule has 0 unspecified atom stereocenters. The third-order valence-electron chi connectivity index (χ3n) is 3.35. The average Bonchev–Trinajstić information content (AvgIpc) is 2.49. The molecule has 2 heterocycles. The maximum atomic E-state index is 13.5. The van der Waals surface area contributed by atoms with E-state index in [4.69, 9.17) is 0 Å². The van der Waals surface area contributed by atoms with Gasteiger partial charge in [0.15, 0.2) is 0 Å². The van der Waals surface area contributed by atoms with E-state index in [0.29, 0.717) is 29.1 Å². The van der Waals surface area contributed by atoms with E-state index in [1.165, 1.54) is 16.5 Å². The number of hydrogen-bond acceptors (Lipinski definition) is 3. The molecule has 0 saturated carbocycles. The smallest absolute Gasteiger partial charge is 0.258 e. The highest BCUT2D eigenvalue weighted by molar-refractivity contribution is 5.51. The second-order valence-corrected chi connectivity index (χ2v) is 4.78. The van der Waals surface area contributed by atoms with Crippen molar-refractivity contribution in [1.82, 2.24) is 9.38 Å². The van der Waals surface area contributed by atoms with Crippen LogP contribution in [0.3, 0.4) is 0 Å². The van der Waals surface area contributed by atoms with Gasteiger partial charge in [-0.25, -0.2) is 9.37 Å². The molecular weight excluding hydrogens is 269 g/mol. The van der Waals surface area contributed by atoms with Crippen molar-refractivity contribution in [3.63, 3.8) is 0 Å². The predicted molar refractivity (Wildman–Crippen MR) is 79.9 cm³/mol. The van der Waals surface area contributed by atoms with Crippen LogP contribution in [0.1, 0.15) is 11.3 Å². The van der Waals surface area contributed by atoms with Gasteiger partial charge >= 0.3 is 0 Å². The Morgan fingerprint density at radius 3 is 2.95 bits per heavy atom. The van der Waals surface area contributed by atoms with Gasteiger partial charge in [0.2, 0.25) is 0 Å². The van der Waals surface area contributed by atoms with Crippen LogP contribution in [0, 0.1) is 12.7 Å². The van der Waals surface area contributed by atoms with E-state index in [9.17, 15) is 9.18 Å². The second-order valence-electron chi connectivity index (χ2n) is 4.78. The van der Waals surface area contributed by atoms with Crippen molar-refractivity contribution < 1.29 is 4.39 Å². The van der Waals surface area contributed by atoms with E-state index >= 15 is 0 Å². The van der Waals surface area contributed by atoms with Gasteiger partial charge in [-0.2, -0.15) is 0 Å². The molecule has 0 aliphatic carbocycles. The summed E-state index contributed by atoms with van der Waals surface area (Å²) in [5.74, 6) is -0.258. The lowest BCUT2D eigenvalue weighted by Gasteiger charge is -2.10. The number of halogens is 1. The highest BCUT2D eigenvalue weighted by Crippen LogP contribution is 2.17. The Hall–Kier alpha value is -2.69. The lowest BCUT2D eigenvalue weighted by atomic mass is 10.2. The Kier molecular flexibility index (Phi) is 3.39. The van der Waals surface area contributed by atoms with Gasteiger partial charge in [0.25, 0.3) is 5.56 Å². The summed E-state index contributed by atoms with van der Waals surface area (Å²) in [4.78, 5) is 16.4. The fourth-order valence-electron chi connectivity index (χ4n) is 2.18. The summed E-state index contributed by atoms with van der Waals surface area (Å²) in [5.41, 5.74) is 2.33. The fraction of sp³-hybridized carbons (Fsp3) is 0.125. The van der Waals surface area contributed by atoms with Crippen LogP contribution < -0.4 is 10.9 Å². The molecule has 0 fully saturated rings. The third kappa shape index (κ3) is 2.63. The van der Waals surface area contributed by atoms with Crippen molar-refractivity contribution in [2.45, 2.75) is 13.5 Å². The van der Waals surface area contributed by atoms with Crippen LogP contribution in [0.5, 0.6) is 0 Å². The number of aromatic nitrogens is 2. The third-order valence-corrected chi connectivity index (χ3v) is 3.35. The van der Waals surface area contributed by atoms with Gasteiger partial charge in [-0.1, -0.05) is 12.1 Å². The summed E-state index contributed by atoms with van der Waals surface area (Å²) in [5, 5.41) is 3.11. The largest absolute Gasteiger partial charge is 0.379 e. The van der Waals surface area contributed by atoms with Crippen LogP contribution in [0.25, 0.3) is 5.65 Å². The Morgan fingerprint density at radius 2 is 2.10 bits per heavy atom. The van der Waals surface area contributed by atoms with Crippen LogP contribution in [0.4, 0.5) is 10.1 Å². The van der Waals surface area contributed by atoms with E-state index in [1.54, 1.807) is 37.4 Å². The van der Waals surface area contributed by atoms with Crippen molar-refractivity contribution in [3.8, 4) is 0 Å². The Bertz CT molecular complexity index is 858. The van der Waals surface area contributed by atoms with Crippen molar-refractivity contribution in [1.29, 1.82) is 0 Å². The summed E-state index contributed by atoms with van der Waals surface area (Å²) < 4.78 is 15.0. The van der Waals surface area contributed by atoms with Crippen LogP contribution in [-0.2, 0) is 6.54 Å². The zero-order valence-electron chi connectivity index (χ0n) is 11.5. The van der Waals surface area contributed by atoms with Crippen LogP contribution in [0.2, 0.25) is 0 Å². The SMILES string of the molecule is Cc1c(F)cccc1NCc1cc(=O)n2ccccc2n1. The van der Waals surface area contributed by atoms with Crippen molar-refractivity contribution >= 4 is 11.3 Å². The van der Waals surface area contributed by atoms with Crippen molar-refractivity contribution in [2.75, 3.05) is 5.32 Å². The molecule has 3 rings (SSSR count). The zero-order chi connectivity index (χ0) is 14.8. The molecule has 106 valence electrons. The van der Waals surface area contributed by atoms with Gasteiger partial charge < -0.3 is 5.32 Å². The van der Waals surface area contributed by atoms with E-state index in [0.717, 1.165) is 0 Å². The molecule has 4 nitrogen and oxygen atoms in total. The first kappa shape index (κ1) is 13.3. The standard InChI is InChI=1S/C16H14FN3O/c1-11-13(17)5-4-6-14(11)18-10-12-9-16(21)20-8-3-2-7-15(20)19-12/h2-9,18H,10H2,1H3. The van der Waals surface area contributed by atoms with Gasteiger partial charge in [0.05, 0.1) is 12.2 Å². The van der Waals surface area contributed by atoms with E-state index in [2.05, 4.69) is 10.3 Å². The first-order valence-corrected chi connectivity index (χ1v) is 6.61. The summed E-state index contributed by atoms with van der Waals surface area (Å²) in [6.45, 7) is 2.07. The molecule has 2 aromatic heterocycles. The van der Waals surface area contributed by atoms with Gasteiger partial charge in [-0.05, 0) is 31.2 Å². The first-order chi connectivity index (χ1) is 10.1. The number of anilines is 1. The molecule has 0 radical (unpaired) electrons. The molecule has 0 aliphatic heterocycles. The number of nitrogens with one attached hydrogen (secondary N) is 1. The molecule has 1 aromatic carbocycles.